The molecule has 1 N–H and O–H groups in total. The predicted octanol–water partition coefficient (Wildman–Crippen LogP) is 4.01. The largest absolute Gasteiger partial charge is 0.496 e. The summed E-state index contributed by atoms with van der Waals surface area (Å²) in [6, 6.07) is 6.65. The summed E-state index contributed by atoms with van der Waals surface area (Å²) in [5.41, 5.74) is 1.29. The van der Waals surface area contributed by atoms with Gasteiger partial charge in [-0.05, 0) is 52.5 Å². The molecular formula is C14H22BrNO. The Kier molecular flexibility index (Phi) is 5.47. The molecule has 1 aromatic carbocycles. The van der Waals surface area contributed by atoms with Gasteiger partial charge in [-0.15, -0.1) is 0 Å². The van der Waals surface area contributed by atoms with Crippen molar-refractivity contribution < 1.29 is 4.74 Å². The maximum atomic E-state index is 5.25. The molecule has 17 heavy (non-hydrogen) atoms. The van der Waals surface area contributed by atoms with E-state index in [1.54, 1.807) is 7.11 Å². The van der Waals surface area contributed by atoms with Gasteiger partial charge in [0.15, 0.2) is 0 Å². The number of nitrogens with one attached hydrogen (secondary N) is 1. The zero-order valence-electron chi connectivity index (χ0n) is 11.3. The van der Waals surface area contributed by atoms with Crippen LogP contribution in [0, 0.1) is 11.8 Å². The summed E-state index contributed by atoms with van der Waals surface area (Å²) >= 11 is 3.54. The lowest BCUT2D eigenvalue weighted by Crippen LogP contribution is -2.26. The molecule has 0 aliphatic rings. The van der Waals surface area contributed by atoms with E-state index in [4.69, 9.17) is 4.74 Å². The average molecular weight is 300 g/mol. The summed E-state index contributed by atoms with van der Waals surface area (Å²) < 4.78 is 6.26. The van der Waals surface area contributed by atoms with Crippen LogP contribution in [0.5, 0.6) is 5.75 Å². The summed E-state index contributed by atoms with van der Waals surface area (Å²) in [5.74, 6) is 2.11. The summed E-state index contributed by atoms with van der Waals surface area (Å²) in [7, 11) is 3.70. The fourth-order valence-electron chi connectivity index (χ4n) is 1.99. The van der Waals surface area contributed by atoms with Crippen molar-refractivity contribution in [2.75, 3.05) is 14.2 Å². The monoisotopic (exact) mass is 299 g/mol. The molecule has 96 valence electrons. The maximum Gasteiger partial charge on any atom is 0.133 e. The van der Waals surface area contributed by atoms with Crippen LogP contribution in [0.25, 0.3) is 0 Å². The van der Waals surface area contributed by atoms with E-state index in [0.717, 1.165) is 10.2 Å². The molecule has 0 saturated carbocycles. The van der Waals surface area contributed by atoms with Crippen LogP contribution in [0.15, 0.2) is 22.7 Å². The molecule has 0 spiro atoms. The van der Waals surface area contributed by atoms with Gasteiger partial charge in [0.1, 0.15) is 5.75 Å². The lowest BCUT2D eigenvalue weighted by Gasteiger charge is -2.27. The van der Waals surface area contributed by atoms with Crippen molar-refractivity contribution in [3.05, 3.63) is 28.2 Å². The zero-order valence-corrected chi connectivity index (χ0v) is 12.8. The highest BCUT2D eigenvalue weighted by molar-refractivity contribution is 9.10. The fraction of sp³-hybridized carbons (Fsp3) is 0.571. The summed E-state index contributed by atoms with van der Waals surface area (Å²) in [4.78, 5) is 0. The van der Waals surface area contributed by atoms with Gasteiger partial charge >= 0.3 is 0 Å². The maximum absolute atomic E-state index is 5.25. The quantitative estimate of drug-likeness (QED) is 0.887. The number of rotatable bonds is 5. The fourth-order valence-corrected chi connectivity index (χ4v) is 2.55. The van der Waals surface area contributed by atoms with Gasteiger partial charge in [-0.3, -0.25) is 0 Å². The van der Waals surface area contributed by atoms with E-state index in [2.05, 4.69) is 54.2 Å². The molecule has 0 aliphatic heterocycles. The standard InChI is InChI=1S/C14H22BrNO/c1-9(2)10(3)14(16-4)11-6-7-13(17-5)12(15)8-11/h6-10,14,16H,1-5H3. The number of ether oxygens (including phenoxy) is 1. The third-order valence-electron chi connectivity index (χ3n) is 3.42. The van der Waals surface area contributed by atoms with E-state index in [1.165, 1.54) is 5.56 Å². The third kappa shape index (κ3) is 3.46. The van der Waals surface area contributed by atoms with E-state index in [1.807, 2.05) is 13.1 Å². The minimum atomic E-state index is 0.372. The van der Waals surface area contributed by atoms with Crippen LogP contribution >= 0.6 is 15.9 Å². The molecule has 3 heteroatoms. The predicted molar refractivity (Wildman–Crippen MR) is 76.5 cm³/mol. The lowest BCUT2D eigenvalue weighted by molar-refractivity contribution is 0.316. The summed E-state index contributed by atoms with van der Waals surface area (Å²) in [5, 5.41) is 3.40. The van der Waals surface area contributed by atoms with Crippen molar-refractivity contribution in [3.8, 4) is 5.75 Å². The van der Waals surface area contributed by atoms with Crippen molar-refractivity contribution in [2.24, 2.45) is 11.8 Å². The lowest BCUT2D eigenvalue weighted by atomic mass is 9.86. The first kappa shape index (κ1) is 14.5. The highest BCUT2D eigenvalue weighted by atomic mass is 79.9. The topological polar surface area (TPSA) is 21.3 Å². The Hall–Kier alpha value is -0.540. The van der Waals surface area contributed by atoms with E-state index in [9.17, 15) is 0 Å². The summed E-state index contributed by atoms with van der Waals surface area (Å²) in [6.07, 6.45) is 0. The first-order valence-corrected chi connectivity index (χ1v) is 6.81. The van der Waals surface area contributed by atoms with Gasteiger partial charge in [0.05, 0.1) is 11.6 Å². The van der Waals surface area contributed by atoms with E-state index < -0.39 is 0 Å². The molecule has 0 heterocycles. The second kappa shape index (κ2) is 6.41. The van der Waals surface area contributed by atoms with Gasteiger partial charge in [-0.1, -0.05) is 26.8 Å². The molecule has 0 fully saturated rings. The smallest absolute Gasteiger partial charge is 0.133 e. The molecule has 1 aromatic rings. The highest BCUT2D eigenvalue weighted by Gasteiger charge is 2.20. The van der Waals surface area contributed by atoms with Crippen LogP contribution in [0.1, 0.15) is 32.4 Å². The molecule has 2 unspecified atom stereocenters. The van der Waals surface area contributed by atoms with Crippen molar-refractivity contribution in [3.63, 3.8) is 0 Å². The minimum Gasteiger partial charge on any atom is -0.496 e. The highest BCUT2D eigenvalue weighted by Crippen LogP contribution is 2.32. The van der Waals surface area contributed by atoms with Crippen molar-refractivity contribution >= 4 is 15.9 Å². The number of benzene rings is 1. The molecule has 0 radical (unpaired) electrons. The molecule has 0 amide bonds. The van der Waals surface area contributed by atoms with E-state index in [0.29, 0.717) is 17.9 Å². The minimum absolute atomic E-state index is 0.372. The number of methoxy groups -OCH3 is 1. The molecule has 0 bridgehead atoms. The van der Waals surface area contributed by atoms with Crippen molar-refractivity contribution in [2.45, 2.75) is 26.8 Å². The molecule has 2 nitrogen and oxygen atoms in total. The van der Waals surface area contributed by atoms with E-state index >= 15 is 0 Å². The van der Waals surface area contributed by atoms with Crippen LogP contribution in [0.4, 0.5) is 0 Å². The van der Waals surface area contributed by atoms with E-state index in [-0.39, 0.29) is 0 Å². The Morgan fingerprint density at radius 3 is 2.29 bits per heavy atom. The second-order valence-corrected chi connectivity index (χ2v) is 5.62. The normalized spacial score (nSPS) is 14.8. The van der Waals surface area contributed by atoms with Crippen molar-refractivity contribution in [1.82, 2.24) is 5.32 Å². The Morgan fingerprint density at radius 1 is 1.24 bits per heavy atom. The first-order valence-electron chi connectivity index (χ1n) is 6.02. The van der Waals surface area contributed by atoms with Crippen LogP contribution in [0.2, 0.25) is 0 Å². The van der Waals surface area contributed by atoms with Crippen LogP contribution in [-0.4, -0.2) is 14.2 Å². The van der Waals surface area contributed by atoms with Crippen LogP contribution in [-0.2, 0) is 0 Å². The van der Waals surface area contributed by atoms with Crippen LogP contribution in [0.3, 0.4) is 0 Å². The molecular weight excluding hydrogens is 278 g/mol. The molecule has 0 aliphatic carbocycles. The number of hydrogen-bond acceptors (Lipinski definition) is 2. The summed E-state index contributed by atoms with van der Waals surface area (Å²) in [6.45, 7) is 6.80. The number of hydrogen-bond donors (Lipinski definition) is 1. The van der Waals surface area contributed by atoms with Crippen LogP contribution < -0.4 is 10.1 Å². The third-order valence-corrected chi connectivity index (χ3v) is 4.04. The zero-order chi connectivity index (χ0) is 13.0. The molecule has 2 atom stereocenters. The Bertz CT molecular complexity index is 365. The Balaban J connectivity index is 3.00. The van der Waals surface area contributed by atoms with Gasteiger partial charge in [0, 0.05) is 6.04 Å². The molecule has 0 aromatic heterocycles. The second-order valence-electron chi connectivity index (χ2n) is 4.76. The SMILES string of the molecule is CNC(c1ccc(OC)c(Br)c1)C(C)C(C)C. The Morgan fingerprint density at radius 2 is 1.88 bits per heavy atom. The first-order chi connectivity index (χ1) is 8.01. The molecule has 1 rings (SSSR count). The van der Waals surface area contributed by atoms with Gasteiger partial charge in [0.2, 0.25) is 0 Å². The van der Waals surface area contributed by atoms with Gasteiger partial charge in [0.25, 0.3) is 0 Å². The van der Waals surface area contributed by atoms with Crippen molar-refractivity contribution in [1.29, 1.82) is 0 Å². The van der Waals surface area contributed by atoms with Gasteiger partial charge < -0.3 is 10.1 Å². The van der Waals surface area contributed by atoms with Gasteiger partial charge in [-0.25, -0.2) is 0 Å². The average Bonchev–Trinajstić information content (AvgIpc) is 2.30. The number of halogens is 1. The Labute approximate surface area is 113 Å². The van der Waals surface area contributed by atoms with Gasteiger partial charge in [-0.2, -0.15) is 0 Å². The molecule has 0 saturated heterocycles.